The zero-order chi connectivity index (χ0) is 23.5. The molecule has 0 aliphatic carbocycles. The first-order valence-corrected chi connectivity index (χ1v) is 11.6. The van der Waals surface area contributed by atoms with Gasteiger partial charge >= 0.3 is 0 Å². The molecule has 1 heterocycles. The zero-order valence-electron chi connectivity index (χ0n) is 21.1. The van der Waals surface area contributed by atoms with Gasteiger partial charge in [0.2, 0.25) is 0 Å². The smallest absolute Gasteiger partial charge is 0.119 e. The molecule has 3 aromatic rings. The number of hydrogen-bond donors (Lipinski definition) is 0. The molecule has 0 N–H and O–H groups in total. The summed E-state index contributed by atoms with van der Waals surface area (Å²) in [6.45, 7) is 18.3. The second kappa shape index (κ2) is 7.40. The van der Waals surface area contributed by atoms with Crippen molar-refractivity contribution in [1.82, 2.24) is 0 Å². The number of fused-ring (bicyclic) bond motifs is 2. The quantitative estimate of drug-likeness (QED) is 0.407. The van der Waals surface area contributed by atoms with E-state index in [4.69, 9.17) is 4.74 Å². The van der Waals surface area contributed by atoms with Crippen LogP contribution in [0.15, 0.2) is 60.7 Å². The van der Waals surface area contributed by atoms with E-state index in [1.165, 1.54) is 39.3 Å². The molecule has 4 rings (SSSR count). The minimum atomic E-state index is -0.137. The van der Waals surface area contributed by atoms with Crippen LogP contribution in [-0.4, -0.2) is 7.11 Å². The molecular weight excluding hydrogens is 390 g/mol. The van der Waals surface area contributed by atoms with Gasteiger partial charge in [-0.15, -0.1) is 0 Å². The van der Waals surface area contributed by atoms with Gasteiger partial charge in [-0.05, 0) is 69.5 Å². The van der Waals surface area contributed by atoms with Crippen LogP contribution in [0.1, 0.15) is 77.6 Å². The van der Waals surface area contributed by atoms with Crippen LogP contribution in [0.25, 0.3) is 0 Å². The normalized spacial score (nSPS) is 15.2. The van der Waals surface area contributed by atoms with Crippen molar-refractivity contribution < 1.29 is 4.74 Å². The van der Waals surface area contributed by atoms with Crippen molar-refractivity contribution in [3.05, 3.63) is 82.9 Å². The number of anilines is 3. The van der Waals surface area contributed by atoms with Crippen molar-refractivity contribution in [2.24, 2.45) is 0 Å². The summed E-state index contributed by atoms with van der Waals surface area (Å²) in [5.74, 6) is 0.898. The molecule has 0 saturated heterocycles. The minimum Gasteiger partial charge on any atom is -0.497 e. The van der Waals surface area contributed by atoms with Crippen LogP contribution in [0.3, 0.4) is 0 Å². The molecule has 0 spiro atoms. The highest BCUT2D eigenvalue weighted by atomic mass is 16.5. The van der Waals surface area contributed by atoms with E-state index in [2.05, 4.69) is 121 Å². The Morgan fingerprint density at radius 1 is 0.656 bits per heavy atom. The van der Waals surface area contributed by atoms with Crippen molar-refractivity contribution in [3.8, 4) is 5.75 Å². The molecule has 32 heavy (non-hydrogen) atoms. The SMILES string of the molecule is COc1ccc2c(c1)C(C)(C)c1cc(C(C)(C)C)ccc1N2c1ccc(C(C)(C)C)cc1. The van der Waals surface area contributed by atoms with E-state index in [1.807, 2.05) is 0 Å². The van der Waals surface area contributed by atoms with E-state index in [0.29, 0.717) is 0 Å². The molecule has 2 nitrogen and oxygen atoms in total. The number of methoxy groups -OCH3 is 1. The third kappa shape index (κ3) is 3.70. The lowest BCUT2D eigenvalue weighted by molar-refractivity contribution is 0.413. The lowest BCUT2D eigenvalue weighted by Crippen LogP contribution is -2.31. The third-order valence-electron chi connectivity index (χ3n) is 6.89. The molecule has 3 aromatic carbocycles. The number of hydrogen-bond acceptors (Lipinski definition) is 2. The maximum absolute atomic E-state index is 5.62. The van der Waals surface area contributed by atoms with E-state index in [1.54, 1.807) is 7.11 Å². The number of ether oxygens (including phenoxy) is 1. The average Bonchev–Trinajstić information content (AvgIpc) is 2.72. The molecule has 0 atom stereocenters. The summed E-state index contributed by atoms with van der Waals surface area (Å²) in [5, 5.41) is 0. The first-order chi connectivity index (χ1) is 14.8. The predicted octanol–water partition coefficient (Wildman–Crippen LogP) is 8.40. The van der Waals surface area contributed by atoms with Gasteiger partial charge in [-0.1, -0.05) is 79.7 Å². The predicted molar refractivity (Wildman–Crippen MR) is 137 cm³/mol. The first-order valence-electron chi connectivity index (χ1n) is 11.6. The van der Waals surface area contributed by atoms with Crippen LogP contribution >= 0.6 is 0 Å². The molecule has 0 fully saturated rings. The molecule has 1 aliphatic heterocycles. The molecule has 0 saturated carbocycles. The summed E-state index contributed by atoms with van der Waals surface area (Å²) in [6.07, 6.45) is 0. The van der Waals surface area contributed by atoms with E-state index >= 15 is 0 Å². The van der Waals surface area contributed by atoms with Gasteiger partial charge < -0.3 is 9.64 Å². The fourth-order valence-corrected chi connectivity index (χ4v) is 4.70. The van der Waals surface area contributed by atoms with Crippen LogP contribution in [0.2, 0.25) is 0 Å². The van der Waals surface area contributed by atoms with Crippen LogP contribution in [0.5, 0.6) is 5.75 Å². The molecule has 0 aromatic heterocycles. The summed E-state index contributed by atoms with van der Waals surface area (Å²) in [4.78, 5) is 2.41. The Labute approximate surface area is 194 Å². The largest absolute Gasteiger partial charge is 0.497 e. The van der Waals surface area contributed by atoms with Gasteiger partial charge in [-0.25, -0.2) is 0 Å². The van der Waals surface area contributed by atoms with Crippen LogP contribution in [0.4, 0.5) is 17.1 Å². The minimum absolute atomic E-state index is 0.0962. The highest BCUT2D eigenvalue weighted by Crippen LogP contribution is 2.53. The molecular formula is C30H37NO. The van der Waals surface area contributed by atoms with Crippen molar-refractivity contribution in [3.63, 3.8) is 0 Å². The summed E-state index contributed by atoms with van der Waals surface area (Å²) >= 11 is 0. The second-order valence-corrected chi connectivity index (χ2v) is 11.6. The Balaban J connectivity index is 1.97. The lowest BCUT2D eigenvalue weighted by atomic mass is 9.71. The molecule has 0 unspecified atom stereocenters. The highest BCUT2D eigenvalue weighted by molar-refractivity contribution is 5.86. The molecule has 168 valence electrons. The van der Waals surface area contributed by atoms with Gasteiger partial charge in [0.15, 0.2) is 0 Å². The standard InChI is InChI=1S/C30H37NO/c1-28(2,3)20-10-13-22(14-11-20)31-26-16-12-21(29(4,5)6)18-24(26)30(7,8)25-19-23(32-9)15-17-27(25)31/h10-19H,1-9H3. The molecule has 0 bridgehead atoms. The molecule has 2 heteroatoms. The summed E-state index contributed by atoms with van der Waals surface area (Å²) < 4.78 is 5.62. The first kappa shape index (κ1) is 22.5. The fraction of sp³-hybridized carbons (Fsp3) is 0.400. The second-order valence-electron chi connectivity index (χ2n) is 11.6. The van der Waals surface area contributed by atoms with Gasteiger partial charge in [0, 0.05) is 11.1 Å². The Morgan fingerprint density at radius 2 is 1.16 bits per heavy atom. The van der Waals surface area contributed by atoms with Crippen molar-refractivity contribution >= 4 is 17.1 Å². The molecule has 1 aliphatic rings. The third-order valence-corrected chi connectivity index (χ3v) is 6.89. The lowest BCUT2D eigenvalue weighted by Gasteiger charge is -2.43. The number of rotatable bonds is 2. The molecule has 0 amide bonds. The van der Waals surface area contributed by atoms with Gasteiger partial charge in [0.05, 0.1) is 18.5 Å². The maximum atomic E-state index is 5.62. The van der Waals surface area contributed by atoms with Crippen molar-refractivity contribution in [2.75, 3.05) is 12.0 Å². The van der Waals surface area contributed by atoms with Crippen molar-refractivity contribution in [1.29, 1.82) is 0 Å². The van der Waals surface area contributed by atoms with Gasteiger partial charge in [0.25, 0.3) is 0 Å². The topological polar surface area (TPSA) is 12.5 Å². The van der Waals surface area contributed by atoms with E-state index in [9.17, 15) is 0 Å². The Morgan fingerprint density at radius 3 is 1.69 bits per heavy atom. The van der Waals surface area contributed by atoms with E-state index in [0.717, 1.165) is 5.75 Å². The molecule has 0 radical (unpaired) electrons. The highest BCUT2D eigenvalue weighted by Gasteiger charge is 2.38. The Bertz CT molecular complexity index is 1140. The average molecular weight is 428 g/mol. The zero-order valence-corrected chi connectivity index (χ0v) is 21.1. The van der Waals surface area contributed by atoms with Gasteiger partial charge in [-0.3, -0.25) is 0 Å². The van der Waals surface area contributed by atoms with Crippen molar-refractivity contribution in [2.45, 2.75) is 71.6 Å². The summed E-state index contributed by atoms with van der Waals surface area (Å²) in [5.41, 5.74) is 9.09. The fourth-order valence-electron chi connectivity index (χ4n) is 4.70. The maximum Gasteiger partial charge on any atom is 0.119 e. The number of nitrogens with zero attached hydrogens (tertiary/aromatic N) is 1. The van der Waals surface area contributed by atoms with Crippen LogP contribution in [0, 0.1) is 0 Å². The summed E-state index contributed by atoms with van der Waals surface area (Å²) in [7, 11) is 1.74. The Kier molecular flexibility index (Phi) is 5.19. The van der Waals surface area contributed by atoms with Gasteiger partial charge in [0.1, 0.15) is 5.75 Å². The van der Waals surface area contributed by atoms with Crippen LogP contribution in [-0.2, 0) is 16.2 Å². The monoisotopic (exact) mass is 427 g/mol. The van der Waals surface area contributed by atoms with E-state index < -0.39 is 0 Å². The summed E-state index contributed by atoms with van der Waals surface area (Å²) in [6, 6.07) is 22.5. The van der Waals surface area contributed by atoms with Crippen LogP contribution < -0.4 is 9.64 Å². The Hall–Kier alpha value is -2.74. The van der Waals surface area contributed by atoms with E-state index in [-0.39, 0.29) is 16.2 Å². The van der Waals surface area contributed by atoms with Gasteiger partial charge in [-0.2, -0.15) is 0 Å². The number of benzene rings is 3.